The Morgan fingerprint density at radius 1 is 0.552 bits per heavy atom. The fraction of sp³-hybridized carbons (Fsp3) is 0.708. The average Bonchev–Trinajstić information content (AvgIpc) is 3.22. The highest BCUT2D eigenvalue weighted by Crippen LogP contribution is 2.22. The summed E-state index contributed by atoms with van der Waals surface area (Å²) in [5.41, 5.74) is 0. The van der Waals surface area contributed by atoms with E-state index in [1.54, 1.807) is 0 Å². The molecule has 332 valence electrons. The summed E-state index contributed by atoms with van der Waals surface area (Å²) in [6.07, 6.45) is 40.5. The molecule has 1 fully saturated rings. The van der Waals surface area contributed by atoms with Crippen LogP contribution in [0.1, 0.15) is 162 Å². The second-order valence-electron chi connectivity index (χ2n) is 15.1. The van der Waals surface area contributed by atoms with Gasteiger partial charge < -0.3 is 39.4 Å². The Morgan fingerprint density at radius 3 is 1.57 bits per heavy atom. The third kappa shape index (κ3) is 29.4. The second kappa shape index (κ2) is 38.3. The lowest BCUT2D eigenvalue weighted by molar-refractivity contribution is -0.305. The molecule has 0 aliphatic carbocycles. The highest BCUT2D eigenvalue weighted by atomic mass is 16.7. The van der Waals surface area contributed by atoms with Crippen molar-refractivity contribution in [3.8, 4) is 0 Å². The standard InChI is InChI=1S/C48H80O10/c1-3-5-7-9-11-13-15-17-19-20-21-23-24-26-28-30-32-34-36-43(50)55-39-41(40-56-48-47(54)46(53)45(52)42(38-49)58-48)57-44(51)37-35-33-31-29-27-25-22-18-16-14-12-10-8-6-4-2/h6,8,12-15,18-20,22,27,29,41-42,45-49,52-54H,3-5,7,9-11,16-17,21,23-26,28,30-40H2,1-2H3/b8-6-,14-12-,15-13-,20-19-,22-18-,29-27-. The zero-order chi connectivity index (χ0) is 42.3. The molecule has 6 unspecified atom stereocenters. The van der Waals surface area contributed by atoms with Gasteiger partial charge in [-0.15, -0.1) is 0 Å². The van der Waals surface area contributed by atoms with Crippen molar-refractivity contribution < 1.29 is 49.0 Å². The van der Waals surface area contributed by atoms with E-state index in [-0.39, 0.29) is 26.1 Å². The maximum Gasteiger partial charge on any atom is 0.306 e. The fourth-order valence-corrected chi connectivity index (χ4v) is 6.27. The topological polar surface area (TPSA) is 152 Å². The second-order valence-corrected chi connectivity index (χ2v) is 15.1. The summed E-state index contributed by atoms with van der Waals surface area (Å²) in [7, 11) is 0. The number of rotatable bonds is 36. The van der Waals surface area contributed by atoms with Crippen molar-refractivity contribution in [1.29, 1.82) is 0 Å². The number of unbranched alkanes of at least 4 members (excludes halogenated alkanes) is 13. The summed E-state index contributed by atoms with van der Waals surface area (Å²) in [5.74, 6) is -0.870. The normalized spacial score (nSPS) is 20.8. The van der Waals surface area contributed by atoms with Crippen molar-refractivity contribution in [3.05, 3.63) is 72.9 Å². The van der Waals surface area contributed by atoms with Crippen molar-refractivity contribution >= 4 is 11.9 Å². The van der Waals surface area contributed by atoms with Gasteiger partial charge in [0.25, 0.3) is 0 Å². The first kappa shape index (κ1) is 53.2. The minimum absolute atomic E-state index is 0.172. The summed E-state index contributed by atoms with van der Waals surface area (Å²) in [6, 6.07) is 0. The van der Waals surface area contributed by atoms with Gasteiger partial charge in [-0.2, -0.15) is 0 Å². The van der Waals surface area contributed by atoms with Crippen LogP contribution in [-0.2, 0) is 28.5 Å². The third-order valence-corrected chi connectivity index (χ3v) is 9.83. The van der Waals surface area contributed by atoms with Gasteiger partial charge in [-0.25, -0.2) is 0 Å². The average molecular weight is 817 g/mol. The molecule has 4 N–H and O–H groups in total. The molecule has 58 heavy (non-hydrogen) atoms. The van der Waals surface area contributed by atoms with Crippen LogP contribution in [0.15, 0.2) is 72.9 Å². The van der Waals surface area contributed by atoms with Crippen LogP contribution < -0.4 is 0 Å². The Balaban J connectivity index is 2.36. The minimum atomic E-state index is -1.61. The molecule has 1 heterocycles. The van der Waals surface area contributed by atoms with Crippen LogP contribution in [0.5, 0.6) is 0 Å². The number of hydrogen-bond donors (Lipinski definition) is 4. The molecule has 1 aliphatic heterocycles. The molecule has 10 heteroatoms. The number of carbonyl (C=O) groups is 2. The summed E-state index contributed by atoms with van der Waals surface area (Å²) in [5, 5.41) is 40.1. The van der Waals surface area contributed by atoms with E-state index in [1.807, 2.05) is 0 Å². The van der Waals surface area contributed by atoms with Crippen LogP contribution in [0.4, 0.5) is 0 Å². The fourth-order valence-electron chi connectivity index (χ4n) is 6.27. The van der Waals surface area contributed by atoms with Crippen LogP contribution in [0.3, 0.4) is 0 Å². The molecule has 1 saturated heterocycles. The maximum absolute atomic E-state index is 12.7. The number of ether oxygens (including phenoxy) is 4. The first-order chi connectivity index (χ1) is 28.3. The van der Waals surface area contributed by atoms with Gasteiger partial charge in [0.15, 0.2) is 12.4 Å². The number of carbonyl (C=O) groups excluding carboxylic acids is 2. The van der Waals surface area contributed by atoms with Crippen molar-refractivity contribution in [2.45, 2.75) is 198 Å². The van der Waals surface area contributed by atoms with E-state index in [0.717, 1.165) is 70.6 Å². The van der Waals surface area contributed by atoms with E-state index in [0.29, 0.717) is 12.8 Å². The van der Waals surface area contributed by atoms with Crippen molar-refractivity contribution in [2.24, 2.45) is 0 Å². The molecule has 0 radical (unpaired) electrons. The lowest BCUT2D eigenvalue weighted by Crippen LogP contribution is -2.59. The van der Waals surface area contributed by atoms with E-state index >= 15 is 0 Å². The Hall–Kier alpha value is -2.86. The Kier molecular flexibility index (Phi) is 35.1. The van der Waals surface area contributed by atoms with Gasteiger partial charge in [0, 0.05) is 12.8 Å². The number of hydrogen-bond acceptors (Lipinski definition) is 10. The Labute approximate surface area is 351 Å². The molecule has 0 aromatic carbocycles. The quantitative estimate of drug-likeness (QED) is 0.0273. The molecule has 0 aromatic heterocycles. The van der Waals surface area contributed by atoms with Crippen molar-refractivity contribution in [2.75, 3.05) is 19.8 Å². The first-order valence-corrected chi connectivity index (χ1v) is 22.5. The number of allylic oxidation sites excluding steroid dienone is 12. The van der Waals surface area contributed by atoms with Crippen LogP contribution in [0.2, 0.25) is 0 Å². The number of esters is 2. The molecule has 1 rings (SSSR count). The van der Waals surface area contributed by atoms with E-state index in [1.165, 1.54) is 51.4 Å². The molecule has 0 saturated carbocycles. The molecular weight excluding hydrogens is 737 g/mol. The minimum Gasteiger partial charge on any atom is -0.462 e. The van der Waals surface area contributed by atoms with Gasteiger partial charge in [-0.05, 0) is 83.5 Å². The largest absolute Gasteiger partial charge is 0.462 e. The smallest absolute Gasteiger partial charge is 0.306 e. The molecular formula is C48H80O10. The molecule has 6 atom stereocenters. The predicted octanol–water partition coefficient (Wildman–Crippen LogP) is 9.61. The van der Waals surface area contributed by atoms with Crippen LogP contribution in [-0.4, -0.2) is 89.0 Å². The van der Waals surface area contributed by atoms with E-state index in [9.17, 15) is 30.0 Å². The van der Waals surface area contributed by atoms with Gasteiger partial charge >= 0.3 is 11.9 Å². The van der Waals surface area contributed by atoms with Gasteiger partial charge in [0.1, 0.15) is 31.0 Å². The molecule has 0 aromatic rings. The SMILES string of the molecule is CC/C=C\C/C=C\C/C=C\C/C=C\CCCCC(=O)OC(COC(=O)CCCCCCCCC/C=C\C/C=C\CCCCCC)COC1OC(CO)C(O)C(O)C1O. The van der Waals surface area contributed by atoms with Gasteiger partial charge in [0.2, 0.25) is 0 Å². The monoisotopic (exact) mass is 817 g/mol. The van der Waals surface area contributed by atoms with E-state index in [2.05, 4.69) is 86.8 Å². The van der Waals surface area contributed by atoms with Gasteiger partial charge in [0.05, 0.1) is 13.2 Å². The number of aliphatic hydroxyl groups excluding tert-OH is 4. The summed E-state index contributed by atoms with van der Waals surface area (Å²) >= 11 is 0. The lowest BCUT2D eigenvalue weighted by atomic mass is 9.99. The predicted molar refractivity (Wildman–Crippen MR) is 233 cm³/mol. The molecule has 10 nitrogen and oxygen atoms in total. The van der Waals surface area contributed by atoms with Crippen LogP contribution in [0.25, 0.3) is 0 Å². The molecule has 0 spiro atoms. The van der Waals surface area contributed by atoms with Crippen LogP contribution >= 0.6 is 0 Å². The molecule has 0 bridgehead atoms. The van der Waals surface area contributed by atoms with E-state index in [4.69, 9.17) is 18.9 Å². The Bertz CT molecular complexity index is 1170. The summed E-state index contributed by atoms with van der Waals surface area (Å²) < 4.78 is 22.1. The van der Waals surface area contributed by atoms with Gasteiger partial charge in [-0.1, -0.05) is 138 Å². The number of aliphatic hydroxyl groups is 4. The lowest BCUT2D eigenvalue weighted by Gasteiger charge is -2.39. The van der Waals surface area contributed by atoms with E-state index < -0.39 is 55.4 Å². The zero-order valence-electron chi connectivity index (χ0n) is 36.0. The summed E-state index contributed by atoms with van der Waals surface area (Å²) in [6.45, 7) is 3.23. The third-order valence-electron chi connectivity index (χ3n) is 9.83. The van der Waals surface area contributed by atoms with Gasteiger partial charge in [-0.3, -0.25) is 9.59 Å². The van der Waals surface area contributed by atoms with Crippen molar-refractivity contribution in [3.63, 3.8) is 0 Å². The summed E-state index contributed by atoms with van der Waals surface area (Å²) in [4.78, 5) is 25.3. The molecule has 0 amide bonds. The Morgan fingerprint density at radius 2 is 1.02 bits per heavy atom. The van der Waals surface area contributed by atoms with Crippen LogP contribution in [0, 0.1) is 0 Å². The highest BCUT2D eigenvalue weighted by Gasteiger charge is 2.44. The van der Waals surface area contributed by atoms with Crippen molar-refractivity contribution in [1.82, 2.24) is 0 Å². The molecule has 1 aliphatic rings. The maximum atomic E-state index is 12.7. The highest BCUT2D eigenvalue weighted by molar-refractivity contribution is 5.70. The zero-order valence-corrected chi connectivity index (χ0v) is 36.0. The first-order valence-electron chi connectivity index (χ1n) is 22.5.